The predicted molar refractivity (Wildman–Crippen MR) is 92.3 cm³/mol. The summed E-state index contributed by atoms with van der Waals surface area (Å²) in [6, 6.07) is 12.4. The summed E-state index contributed by atoms with van der Waals surface area (Å²) in [4.78, 5) is 30.0. The number of fused-ring (bicyclic) bond motifs is 3. The normalized spacial score (nSPS) is 11.0. The second kappa shape index (κ2) is 5.31. The summed E-state index contributed by atoms with van der Waals surface area (Å²) in [5.41, 5.74) is 1.80. The third-order valence-electron chi connectivity index (χ3n) is 4.08. The van der Waals surface area contributed by atoms with Crippen LogP contribution in [0.3, 0.4) is 0 Å². The predicted octanol–water partition coefficient (Wildman–Crippen LogP) is 3.44. The van der Waals surface area contributed by atoms with Crippen molar-refractivity contribution in [2.24, 2.45) is 0 Å². The minimum atomic E-state index is -1.02. The first kappa shape index (κ1) is 14.1. The summed E-state index contributed by atoms with van der Waals surface area (Å²) in [5.74, 6) is -1.02. The molecule has 0 atom stereocenters. The molecular weight excluding hydrogens is 304 g/mol. The topological polar surface area (TPSA) is 83.0 Å². The molecule has 4 aromatic rings. The third kappa shape index (κ3) is 2.23. The van der Waals surface area contributed by atoms with Crippen LogP contribution in [0, 0.1) is 0 Å². The molecule has 0 amide bonds. The van der Waals surface area contributed by atoms with Crippen LogP contribution in [0.2, 0.25) is 0 Å². The SMILES string of the molecule is O=C(O)c1cc2cc(=O)[nH]cc2c2cc(-c3cccnc3)ccc12. The van der Waals surface area contributed by atoms with Gasteiger partial charge in [-0.05, 0) is 39.9 Å². The van der Waals surface area contributed by atoms with Gasteiger partial charge >= 0.3 is 5.97 Å². The average molecular weight is 316 g/mol. The molecule has 0 spiro atoms. The highest BCUT2D eigenvalue weighted by Crippen LogP contribution is 2.31. The molecule has 0 bridgehead atoms. The molecule has 2 aromatic heterocycles. The second-order valence-electron chi connectivity index (χ2n) is 5.53. The summed E-state index contributed by atoms with van der Waals surface area (Å²) in [5, 5.41) is 12.3. The van der Waals surface area contributed by atoms with Crippen LogP contribution in [0.15, 0.2) is 65.8 Å². The largest absolute Gasteiger partial charge is 0.478 e. The van der Waals surface area contributed by atoms with Crippen molar-refractivity contribution in [3.05, 3.63) is 77.0 Å². The molecule has 0 saturated carbocycles. The fraction of sp³-hybridized carbons (Fsp3) is 0. The maximum absolute atomic E-state index is 11.6. The Morgan fingerprint density at radius 3 is 2.62 bits per heavy atom. The van der Waals surface area contributed by atoms with Crippen LogP contribution in [-0.4, -0.2) is 21.0 Å². The van der Waals surface area contributed by atoms with Gasteiger partial charge in [-0.3, -0.25) is 9.78 Å². The Morgan fingerprint density at radius 2 is 1.88 bits per heavy atom. The number of benzene rings is 2. The van der Waals surface area contributed by atoms with E-state index in [2.05, 4.69) is 9.97 Å². The van der Waals surface area contributed by atoms with Gasteiger partial charge in [-0.25, -0.2) is 4.79 Å². The molecule has 5 heteroatoms. The zero-order valence-electron chi connectivity index (χ0n) is 12.5. The first-order chi connectivity index (χ1) is 11.6. The summed E-state index contributed by atoms with van der Waals surface area (Å²) in [7, 11) is 0. The van der Waals surface area contributed by atoms with E-state index in [0.717, 1.165) is 21.9 Å². The zero-order chi connectivity index (χ0) is 16.7. The smallest absolute Gasteiger partial charge is 0.336 e. The van der Waals surface area contributed by atoms with Crippen molar-refractivity contribution < 1.29 is 9.90 Å². The molecule has 2 heterocycles. The monoisotopic (exact) mass is 316 g/mol. The van der Waals surface area contributed by atoms with E-state index < -0.39 is 5.97 Å². The Kier molecular flexibility index (Phi) is 3.13. The van der Waals surface area contributed by atoms with Crippen LogP contribution in [-0.2, 0) is 0 Å². The van der Waals surface area contributed by atoms with Crippen LogP contribution in [0.4, 0.5) is 0 Å². The van der Waals surface area contributed by atoms with Gasteiger partial charge in [0, 0.05) is 35.6 Å². The average Bonchev–Trinajstić information content (AvgIpc) is 2.60. The van der Waals surface area contributed by atoms with Gasteiger partial charge in [0.2, 0.25) is 5.56 Å². The lowest BCUT2D eigenvalue weighted by molar-refractivity contribution is 0.0699. The van der Waals surface area contributed by atoms with E-state index >= 15 is 0 Å². The van der Waals surface area contributed by atoms with Crippen molar-refractivity contribution in [3.8, 4) is 11.1 Å². The van der Waals surface area contributed by atoms with E-state index in [0.29, 0.717) is 10.8 Å². The van der Waals surface area contributed by atoms with Crippen molar-refractivity contribution in [1.82, 2.24) is 9.97 Å². The maximum Gasteiger partial charge on any atom is 0.336 e. The first-order valence-corrected chi connectivity index (χ1v) is 7.36. The number of pyridine rings is 2. The molecule has 24 heavy (non-hydrogen) atoms. The molecule has 0 radical (unpaired) electrons. The Bertz CT molecular complexity index is 1150. The van der Waals surface area contributed by atoms with Crippen LogP contribution in [0.5, 0.6) is 0 Å². The van der Waals surface area contributed by atoms with Crippen molar-refractivity contribution >= 4 is 27.5 Å². The highest BCUT2D eigenvalue weighted by molar-refractivity contribution is 6.16. The third-order valence-corrected chi connectivity index (χ3v) is 4.08. The number of aromatic amines is 1. The van der Waals surface area contributed by atoms with Gasteiger partial charge < -0.3 is 10.1 Å². The van der Waals surface area contributed by atoms with Crippen LogP contribution < -0.4 is 5.56 Å². The molecule has 2 aromatic carbocycles. The van der Waals surface area contributed by atoms with Crippen molar-refractivity contribution in [3.63, 3.8) is 0 Å². The number of aromatic carboxylic acids is 1. The molecule has 4 rings (SSSR count). The van der Waals surface area contributed by atoms with Crippen molar-refractivity contribution in [2.75, 3.05) is 0 Å². The maximum atomic E-state index is 11.6. The number of hydrogen-bond acceptors (Lipinski definition) is 3. The highest BCUT2D eigenvalue weighted by Gasteiger charge is 2.13. The number of aromatic nitrogens is 2. The fourth-order valence-corrected chi connectivity index (χ4v) is 2.97. The van der Waals surface area contributed by atoms with Gasteiger partial charge in [0.05, 0.1) is 5.56 Å². The number of carboxylic acid groups (broad SMARTS) is 1. The van der Waals surface area contributed by atoms with E-state index in [1.54, 1.807) is 30.7 Å². The molecule has 0 unspecified atom stereocenters. The summed E-state index contributed by atoms with van der Waals surface area (Å²) in [6.07, 6.45) is 5.08. The highest BCUT2D eigenvalue weighted by atomic mass is 16.4. The summed E-state index contributed by atoms with van der Waals surface area (Å²) in [6.45, 7) is 0. The molecule has 0 aliphatic carbocycles. The van der Waals surface area contributed by atoms with Gasteiger partial charge in [-0.15, -0.1) is 0 Å². The van der Waals surface area contributed by atoms with E-state index in [4.69, 9.17) is 0 Å². The van der Waals surface area contributed by atoms with Crippen molar-refractivity contribution in [1.29, 1.82) is 0 Å². The number of rotatable bonds is 2. The molecule has 0 fully saturated rings. The lowest BCUT2D eigenvalue weighted by Gasteiger charge is -2.10. The van der Waals surface area contributed by atoms with Gasteiger partial charge in [0.1, 0.15) is 0 Å². The van der Waals surface area contributed by atoms with E-state index in [1.165, 1.54) is 6.07 Å². The molecule has 0 saturated heterocycles. The van der Waals surface area contributed by atoms with Gasteiger partial charge in [-0.1, -0.05) is 18.2 Å². The minimum Gasteiger partial charge on any atom is -0.478 e. The van der Waals surface area contributed by atoms with E-state index in [1.807, 2.05) is 24.3 Å². The fourth-order valence-electron chi connectivity index (χ4n) is 2.97. The zero-order valence-corrected chi connectivity index (χ0v) is 12.5. The lowest BCUT2D eigenvalue weighted by atomic mass is 9.95. The number of H-pyrrole nitrogens is 1. The number of carboxylic acids is 1. The van der Waals surface area contributed by atoms with Gasteiger partial charge in [-0.2, -0.15) is 0 Å². The quantitative estimate of drug-likeness (QED) is 0.555. The lowest BCUT2D eigenvalue weighted by Crippen LogP contribution is -2.04. The number of carbonyl (C=O) groups is 1. The Morgan fingerprint density at radius 1 is 1.00 bits per heavy atom. The Labute approximate surface area is 136 Å². The van der Waals surface area contributed by atoms with Crippen LogP contribution >= 0.6 is 0 Å². The standard InChI is InChI=1S/C19H12N2O3/c22-18-8-13-7-16(19(23)24)14-4-3-11(12-2-1-5-20-9-12)6-15(14)17(13)10-21-18/h1-10H,(H,21,22)(H,23,24). The van der Waals surface area contributed by atoms with Crippen LogP contribution in [0.1, 0.15) is 10.4 Å². The second-order valence-corrected chi connectivity index (χ2v) is 5.53. The number of nitrogens with zero attached hydrogens (tertiary/aromatic N) is 1. The van der Waals surface area contributed by atoms with Gasteiger partial charge in [0.25, 0.3) is 0 Å². The molecule has 5 nitrogen and oxygen atoms in total. The summed E-state index contributed by atoms with van der Waals surface area (Å²) < 4.78 is 0. The molecule has 116 valence electrons. The first-order valence-electron chi connectivity index (χ1n) is 7.36. The van der Waals surface area contributed by atoms with Crippen molar-refractivity contribution in [2.45, 2.75) is 0 Å². The molecular formula is C19H12N2O3. The number of nitrogens with one attached hydrogen (secondary N) is 1. The molecule has 2 N–H and O–H groups in total. The minimum absolute atomic E-state index is 0.181. The number of hydrogen-bond donors (Lipinski definition) is 2. The molecule has 0 aliphatic heterocycles. The van der Waals surface area contributed by atoms with E-state index in [-0.39, 0.29) is 11.1 Å². The van der Waals surface area contributed by atoms with E-state index in [9.17, 15) is 14.7 Å². The molecule has 0 aliphatic rings. The Balaban J connectivity index is 2.12. The summed E-state index contributed by atoms with van der Waals surface area (Å²) >= 11 is 0. The van der Waals surface area contributed by atoms with Gasteiger partial charge in [0.15, 0.2) is 0 Å². The Hall–Kier alpha value is -3.47. The van der Waals surface area contributed by atoms with Crippen LogP contribution in [0.25, 0.3) is 32.7 Å².